The Morgan fingerprint density at radius 3 is 2.81 bits per heavy atom. The molecule has 1 atom stereocenters. The minimum atomic E-state index is 0.621. The van der Waals surface area contributed by atoms with Crippen LogP contribution in [-0.4, -0.2) is 4.43 Å². The number of hydrogen-bond donors (Lipinski definition) is 1. The van der Waals surface area contributed by atoms with Gasteiger partial charge in [-0.3, -0.25) is 0 Å². The highest BCUT2D eigenvalue weighted by molar-refractivity contribution is 14.1. The first-order chi connectivity index (χ1) is 7.92. The van der Waals surface area contributed by atoms with Crippen molar-refractivity contribution in [2.75, 3.05) is 4.43 Å². The zero-order chi connectivity index (χ0) is 11.2. The van der Waals surface area contributed by atoms with Crippen molar-refractivity contribution in [1.29, 1.82) is 0 Å². The SMILES string of the molecule is ICCCCCCC1NCc2ccccc21. The molecule has 1 heterocycles. The fourth-order valence-corrected chi connectivity index (χ4v) is 2.97. The van der Waals surface area contributed by atoms with Crippen molar-refractivity contribution < 1.29 is 0 Å². The summed E-state index contributed by atoms with van der Waals surface area (Å²) in [7, 11) is 0. The molecule has 1 aromatic rings. The van der Waals surface area contributed by atoms with Gasteiger partial charge in [0.2, 0.25) is 0 Å². The molecule has 1 aromatic carbocycles. The van der Waals surface area contributed by atoms with Crippen molar-refractivity contribution in [2.45, 2.75) is 44.7 Å². The maximum Gasteiger partial charge on any atom is 0.0326 e. The fourth-order valence-electron chi connectivity index (χ4n) is 2.43. The number of benzene rings is 1. The zero-order valence-corrected chi connectivity index (χ0v) is 11.9. The summed E-state index contributed by atoms with van der Waals surface area (Å²) in [5.41, 5.74) is 3.04. The van der Waals surface area contributed by atoms with Gasteiger partial charge in [-0.25, -0.2) is 0 Å². The van der Waals surface area contributed by atoms with Gasteiger partial charge < -0.3 is 5.32 Å². The molecule has 16 heavy (non-hydrogen) atoms. The fraction of sp³-hybridized carbons (Fsp3) is 0.571. The average Bonchev–Trinajstić information content (AvgIpc) is 2.73. The van der Waals surface area contributed by atoms with Crippen molar-refractivity contribution >= 4 is 22.6 Å². The molecule has 0 amide bonds. The highest BCUT2D eigenvalue weighted by Gasteiger charge is 2.19. The number of halogens is 1. The molecule has 0 aromatic heterocycles. The minimum absolute atomic E-state index is 0.621. The van der Waals surface area contributed by atoms with Gasteiger partial charge >= 0.3 is 0 Å². The lowest BCUT2D eigenvalue weighted by molar-refractivity contribution is 0.502. The second-order valence-corrected chi connectivity index (χ2v) is 5.60. The number of nitrogens with one attached hydrogen (secondary N) is 1. The van der Waals surface area contributed by atoms with E-state index in [1.165, 1.54) is 47.7 Å². The first kappa shape index (κ1) is 12.4. The molecule has 0 saturated heterocycles. The Labute approximate surface area is 112 Å². The molecule has 1 nitrogen and oxygen atoms in total. The quantitative estimate of drug-likeness (QED) is 0.468. The van der Waals surface area contributed by atoms with Gasteiger partial charge in [-0.05, 0) is 28.4 Å². The highest BCUT2D eigenvalue weighted by atomic mass is 127. The van der Waals surface area contributed by atoms with Crippen molar-refractivity contribution in [2.24, 2.45) is 0 Å². The van der Waals surface area contributed by atoms with E-state index < -0.39 is 0 Å². The molecule has 0 bridgehead atoms. The average molecular weight is 329 g/mol. The summed E-state index contributed by atoms with van der Waals surface area (Å²) < 4.78 is 1.31. The number of fused-ring (bicyclic) bond motifs is 1. The molecule has 88 valence electrons. The largest absolute Gasteiger partial charge is 0.306 e. The van der Waals surface area contributed by atoms with E-state index in [-0.39, 0.29) is 0 Å². The Morgan fingerprint density at radius 1 is 1.12 bits per heavy atom. The molecule has 1 unspecified atom stereocenters. The first-order valence-corrected chi connectivity index (χ1v) is 7.81. The molecule has 2 heteroatoms. The van der Waals surface area contributed by atoms with E-state index in [4.69, 9.17) is 0 Å². The van der Waals surface area contributed by atoms with Crippen LogP contribution < -0.4 is 5.32 Å². The zero-order valence-electron chi connectivity index (χ0n) is 9.71. The van der Waals surface area contributed by atoms with E-state index in [0.29, 0.717) is 6.04 Å². The third kappa shape index (κ3) is 3.20. The van der Waals surface area contributed by atoms with E-state index in [1.54, 1.807) is 0 Å². The molecule has 0 spiro atoms. The summed E-state index contributed by atoms with van der Waals surface area (Å²) >= 11 is 2.47. The molecule has 2 rings (SSSR count). The van der Waals surface area contributed by atoms with Crippen molar-refractivity contribution in [3.05, 3.63) is 35.4 Å². The summed E-state index contributed by atoms with van der Waals surface area (Å²) in [6, 6.07) is 9.46. The third-order valence-corrected chi connectivity index (χ3v) is 4.11. The van der Waals surface area contributed by atoms with Crippen LogP contribution >= 0.6 is 22.6 Å². The lowest BCUT2D eigenvalue weighted by atomic mass is 10.00. The summed E-state index contributed by atoms with van der Waals surface area (Å²) in [5.74, 6) is 0. The van der Waals surface area contributed by atoms with Gasteiger partial charge in [0.1, 0.15) is 0 Å². The number of unbranched alkanes of at least 4 members (excludes halogenated alkanes) is 3. The molecule has 1 aliphatic heterocycles. The predicted molar refractivity (Wildman–Crippen MR) is 78.0 cm³/mol. The van der Waals surface area contributed by atoms with Crippen LogP contribution in [0.2, 0.25) is 0 Å². The summed E-state index contributed by atoms with van der Waals surface area (Å²) in [4.78, 5) is 0. The van der Waals surface area contributed by atoms with Gasteiger partial charge in [-0.1, -0.05) is 66.1 Å². The van der Waals surface area contributed by atoms with Gasteiger partial charge in [-0.15, -0.1) is 0 Å². The lowest BCUT2D eigenvalue weighted by Gasteiger charge is -2.11. The van der Waals surface area contributed by atoms with E-state index in [9.17, 15) is 0 Å². The van der Waals surface area contributed by atoms with E-state index >= 15 is 0 Å². The molecule has 0 saturated carbocycles. The number of alkyl halides is 1. The topological polar surface area (TPSA) is 12.0 Å². The van der Waals surface area contributed by atoms with E-state index in [0.717, 1.165) is 6.54 Å². The summed E-state index contributed by atoms with van der Waals surface area (Å²) in [6.07, 6.45) is 6.84. The van der Waals surface area contributed by atoms with Gasteiger partial charge in [0.15, 0.2) is 0 Å². The third-order valence-electron chi connectivity index (χ3n) is 3.35. The standard InChI is InChI=1S/C14H20IN/c15-10-6-2-1-3-9-14-13-8-5-4-7-12(13)11-16-14/h4-5,7-8,14,16H,1-3,6,9-11H2. The highest BCUT2D eigenvalue weighted by Crippen LogP contribution is 2.28. The van der Waals surface area contributed by atoms with Gasteiger partial charge in [0.25, 0.3) is 0 Å². The van der Waals surface area contributed by atoms with Crippen molar-refractivity contribution in [3.8, 4) is 0 Å². The molecule has 1 aliphatic rings. The number of hydrogen-bond acceptors (Lipinski definition) is 1. The van der Waals surface area contributed by atoms with Crippen LogP contribution in [0.5, 0.6) is 0 Å². The van der Waals surface area contributed by atoms with E-state index in [2.05, 4.69) is 52.2 Å². The maximum absolute atomic E-state index is 3.61. The van der Waals surface area contributed by atoms with Gasteiger partial charge in [-0.2, -0.15) is 0 Å². The van der Waals surface area contributed by atoms with Crippen LogP contribution in [0, 0.1) is 0 Å². The molecular weight excluding hydrogens is 309 g/mol. The molecular formula is C14H20IN. The molecule has 0 fully saturated rings. The second kappa shape index (κ2) is 6.60. The Morgan fingerprint density at radius 2 is 1.94 bits per heavy atom. The summed E-state index contributed by atoms with van der Waals surface area (Å²) in [6.45, 7) is 1.06. The van der Waals surface area contributed by atoms with Gasteiger partial charge in [0, 0.05) is 12.6 Å². The maximum atomic E-state index is 3.61. The molecule has 0 radical (unpaired) electrons. The normalized spacial score (nSPS) is 18.7. The van der Waals surface area contributed by atoms with E-state index in [1.807, 2.05) is 0 Å². The van der Waals surface area contributed by atoms with Crippen LogP contribution in [0.1, 0.15) is 49.3 Å². The minimum Gasteiger partial charge on any atom is -0.306 e. The molecule has 1 N–H and O–H groups in total. The monoisotopic (exact) mass is 329 g/mol. The van der Waals surface area contributed by atoms with Crippen LogP contribution in [0.15, 0.2) is 24.3 Å². The van der Waals surface area contributed by atoms with Crippen molar-refractivity contribution in [1.82, 2.24) is 5.32 Å². The van der Waals surface area contributed by atoms with Crippen LogP contribution in [0.3, 0.4) is 0 Å². The second-order valence-electron chi connectivity index (χ2n) is 4.52. The first-order valence-electron chi connectivity index (χ1n) is 6.29. The van der Waals surface area contributed by atoms with Gasteiger partial charge in [0.05, 0.1) is 0 Å². The smallest absolute Gasteiger partial charge is 0.0326 e. The lowest BCUT2D eigenvalue weighted by Crippen LogP contribution is -2.11. The Bertz CT molecular complexity index is 324. The number of rotatable bonds is 6. The summed E-state index contributed by atoms with van der Waals surface area (Å²) in [5, 5.41) is 3.61. The Kier molecular flexibility index (Phi) is 5.10. The Balaban J connectivity index is 1.76. The van der Waals surface area contributed by atoms with Crippen LogP contribution in [0.25, 0.3) is 0 Å². The van der Waals surface area contributed by atoms with Crippen LogP contribution in [0.4, 0.5) is 0 Å². The predicted octanol–water partition coefficient (Wildman–Crippen LogP) is 4.22. The van der Waals surface area contributed by atoms with Crippen LogP contribution in [-0.2, 0) is 6.54 Å². The Hall–Kier alpha value is -0.0900. The molecule has 0 aliphatic carbocycles. The van der Waals surface area contributed by atoms with Crippen molar-refractivity contribution in [3.63, 3.8) is 0 Å².